The van der Waals surface area contributed by atoms with E-state index in [1.54, 1.807) is 6.21 Å². The van der Waals surface area contributed by atoms with Crippen molar-refractivity contribution in [2.24, 2.45) is 9.98 Å². The highest BCUT2D eigenvalue weighted by Crippen LogP contribution is 2.26. The van der Waals surface area contributed by atoms with Gasteiger partial charge in [0.15, 0.2) is 5.50 Å². The lowest BCUT2D eigenvalue weighted by molar-refractivity contribution is 0.0526. The number of amides is 1. The number of nitrogens with one attached hydrogen (secondary N) is 1. The number of alkyl halides is 1. The molecule has 2 rings (SSSR count). The van der Waals surface area contributed by atoms with Gasteiger partial charge in [-0.15, -0.1) is 0 Å². The fourth-order valence-electron chi connectivity index (χ4n) is 2.31. The van der Waals surface area contributed by atoms with Gasteiger partial charge >= 0.3 is 6.09 Å². The van der Waals surface area contributed by atoms with Crippen LogP contribution in [0.4, 0.5) is 10.6 Å². The lowest BCUT2D eigenvalue weighted by atomic mass is 10.1. The number of nitrogens with zero attached hydrogens (tertiary/aromatic N) is 3. The van der Waals surface area contributed by atoms with Crippen molar-refractivity contribution >= 4 is 35.9 Å². The molecular weight excluding hydrogens is 316 g/mol. The zero-order valence-corrected chi connectivity index (χ0v) is 14.7. The van der Waals surface area contributed by atoms with Crippen molar-refractivity contribution in [1.82, 2.24) is 9.88 Å². The number of alkyl carbamates (subject to hydrolysis) is 1. The first-order valence-corrected chi connectivity index (χ1v) is 8.05. The monoisotopic (exact) mass is 338 g/mol. The number of carbonyl (C=O) groups excluding carboxylic acids is 1. The third-order valence-corrected chi connectivity index (χ3v) is 3.48. The Hall–Kier alpha value is -1.82. The van der Waals surface area contributed by atoms with Crippen LogP contribution in [-0.4, -0.2) is 40.7 Å². The molecule has 0 radical (unpaired) electrons. The van der Waals surface area contributed by atoms with Crippen LogP contribution in [0.1, 0.15) is 31.9 Å². The van der Waals surface area contributed by atoms with Gasteiger partial charge in [-0.1, -0.05) is 11.6 Å². The minimum absolute atomic E-state index is 0.416. The molecule has 23 heavy (non-hydrogen) atoms. The number of aryl methyl sites for hydroxylation is 1. The van der Waals surface area contributed by atoms with Crippen molar-refractivity contribution in [2.45, 2.75) is 51.8 Å². The van der Waals surface area contributed by atoms with Crippen molar-refractivity contribution < 1.29 is 9.53 Å². The summed E-state index contributed by atoms with van der Waals surface area (Å²) in [6.07, 6.45) is 5.75. The Labute approximate surface area is 141 Å². The van der Waals surface area contributed by atoms with Gasteiger partial charge in [-0.05, 0) is 33.3 Å². The molecule has 1 amide bonds. The minimum Gasteiger partial charge on any atom is -0.444 e. The number of aromatic nitrogens is 1. The lowest BCUT2D eigenvalue weighted by Crippen LogP contribution is -2.34. The molecule has 1 aliphatic heterocycles. The van der Waals surface area contributed by atoms with Crippen LogP contribution in [0.3, 0.4) is 0 Å². The summed E-state index contributed by atoms with van der Waals surface area (Å²) >= 11 is 6.00. The van der Waals surface area contributed by atoms with E-state index in [0.29, 0.717) is 19.5 Å². The van der Waals surface area contributed by atoms with Crippen molar-refractivity contribution in [3.05, 3.63) is 17.3 Å². The van der Waals surface area contributed by atoms with E-state index in [2.05, 4.69) is 15.3 Å². The molecule has 0 fully saturated rings. The van der Waals surface area contributed by atoms with E-state index in [-0.39, 0.29) is 0 Å². The van der Waals surface area contributed by atoms with E-state index >= 15 is 0 Å². The third-order valence-electron chi connectivity index (χ3n) is 3.25. The first-order valence-electron chi connectivity index (χ1n) is 7.61. The Balaban J connectivity index is 2.02. The van der Waals surface area contributed by atoms with Crippen LogP contribution in [0.2, 0.25) is 0 Å². The van der Waals surface area contributed by atoms with E-state index < -0.39 is 17.2 Å². The summed E-state index contributed by atoms with van der Waals surface area (Å²) in [4.78, 5) is 20.3. The zero-order valence-electron chi connectivity index (χ0n) is 14.0. The van der Waals surface area contributed by atoms with Crippen molar-refractivity contribution in [1.29, 1.82) is 0 Å². The maximum absolute atomic E-state index is 11.7. The molecule has 1 atom stereocenters. The van der Waals surface area contributed by atoms with Gasteiger partial charge in [0.25, 0.3) is 0 Å². The Kier molecular flexibility index (Phi) is 5.46. The molecule has 0 bridgehead atoms. The van der Waals surface area contributed by atoms with Gasteiger partial charge in [0.1, 0.15) is 11.4 Å². The first-order chi connectivity index (χ1) is 10.8. The Morgan fingerprint density at radius 1 is 1.52 bits per heavy atom. The molecular formula is C16H23ClN4O2. The van der Waals surface area contributed by atoms with E-state index in [1.165, 1.54) is 0 Å². The number of ether oxygens (including phenoxy) is 1. The molecule has 1 N–H and O–H groups in total. The van der Waals surface area contributed by atoms with Crippen LogP contribution in [0, 0.1) is 6.92 Å². The number of hydrogen-bond donors (Lipinski definition) is 1. The van der Waals surface area contributed by atoms with Gasteiger partial charge in [-0.2, -0.15) is 0 Å². The van der Waals surface area contributed by atoms with E-state index in [1.807, 2.05) is 44.7 Å². The molecule has 1 aliphatic rings. The van der Waals surface area contributed by atoms with Crippen LogP contribution >= 0.6 is 11.6 Å². The second-order valence-corrected chi connectivity index (χ2v) is 6.87. The summed E-state index contributed by atoms with van der Waals surface area (Å²) in [5.74, 6) is 0.866. The highest BCUT2D eigenvalue weighted by molar-refractivity contribution is 6.28. The number of halogens is 1. The molecule has 0 aromatic carbocycles. The molecule has 1 unspecified atom stereocenters. The maximum atomic E-state index is 11.7. The predicted molar refractivity (Wildman–Crippen MR) is 93.4 cm³/mol. The topological polar surface area (TPSA) is 68.0 Å². The molecule has 0 saturated heterocycles. The van der Waals surface area contributed by atoms with Gasteiger partial charge in [-0.3, -0.25) is 4.99 Å². The summed E-state index contributed by atoms with van der Waals surface area (Å²) in [5.41, 5.74) is 1.34. The number of rotatable bonds is 3. The van der Waals surface area contributed by atoms with Gasteiger partial charge in [0.2, 0.25) is 0 Å². The number of carbonyl (C=O) groups is 1. The van der Waals surface area contributed by atoms with Gasteiger partial charge in [-0.25, -0.2) is 9.79 Å². The predicted octanol–water partition coefficient (Wildman–Crippen LogP) is 3.22. The average Bonchev–Trinajstić information content (AvgIpc) is 2.67. The first kappa shape index (κ1) is 17.5. The summed E-state index contributed by atoms with van der Waals surface area (Å²) < 4.78 is 7.24. The molecule has 0 aliphatic carbocycles. The number of fused-ring (bicyclic) bond motifs is 1. The van der Waals surface area contributed by atoms with E-state index in [4.69, 9.17) is 16.3 Å². The molecule has 126 valence electrons. The Morgan fingerprint density at radius 2 is 2.26 bits per heavy atom. The fraction of sp³-hybridized carbons (Fsp3) is 0.562. The fourth-order valence-corrected chi connectivity index (χ4v) is 2.44. The summed E-state index contributed by atoms with van der Waals surface area (Å²) in [7, 11) is 0. The van der Waals surface area contributed by atoms with Gasteiger partial charge in [0.05, 0.1) is 0 Å². The van der Waals surface area contributed by atoms with Gasteiger partial charge in [0, 0.05) is 43.7 Å². The minimum atomic E-state index is -0.498. The second kappa shape index (κ2) is 7.17. The largest absolute Gasteiger partial charge is 0.444 e. The van der Waals surface area contributed by atoms with E-state index in [9.17, 15) is 4.79 Å². The van der Waals surface area contributed by atoms with Crippen LogP contribution < -0.4 is 5.32 Å². The molecule has 0 saturated carbocycles. The van der Waals surface area contributed by atoms with Gasteiger partial charge < -0.3 is 14.6 Å². The number of aliphatic imine (C=N–C) groups is 2. The highest BCUT2D eigenvalue weighted by atomic mass is 35.5. The van der Waals surface area contributed by atoms with Crippen molar-refractivity contribution in [3.63, 3.8) is 0 Å². The zero-order chi connectivity index (χ0) is 17.0. The van der Waals surface area contributed by atoms with Crippen LogP contribution in [-0.2, 0) is 17.7 Å². The summed E-state index contributed by atoms with van der Waals surface area (Å²) in [5, 5.41) is 2.75. The average molecular weight is 339 g/mol. The Morgan fingerprint density at radius 3 is 2.96 bits per heavy atom. The Bertz CT molecular complexity index is 629. The summed E-state index contributed by atoms with van der Waals surface area (Å²) in [6.45, 7) is 8.62. The quantitative estimate of drug-likeness (QED) is 0.679. The normalized spacial score (nSPS) is 17.3. The van der Waals surface area contributed by atoms with Crippen LogP contribution in [0.25, 0.3) is 0 Å². The van der Waals surface area contributed by atoms with Crippen LogP contribution in [0.15, 0.2) is 16.2 Å². The summed E-state index contributed by atoms with van der Waals surface area (Å²) in [6, 6.07) is 0. The van der Waals surface area contributed by atoms with Crippen LogP contribution in [0.5, 0.6) is 0 Å². The second-order valence-electron chi connectivity index (χ2n) is 6.42. The smallest absolute Gasteiger partial charge is 0.407 e. The molecule has 2 heterocycles. The number of hydrogen-bond acceptors (Lipinski definition) is 4. The molecule has 7 heteroatoms. The lowest BCUT2D eigenvalue weighted by Gasteiger charge is -2.19. The molecule has 6 nitrogen and oxygen atoms in total. The van der Waals surface area contributed by atoms with Crippen molar-refractivity contribution in [2.75, 3.05) is 6.54 Å². The highest BCUT2D eigenvalue weighted by Gasteiger charge is 2.17. The third kappa shape index (κ3) is 5.10. The maximum Gasteiger partial charge on any atom is 0.407 e. The molecule has 1 aromatic heterocycles. The standard InChI is InChI=1S/C16H23ClN4O2/c1-11-10-21(8-7-19-15(22)23-16(2,3)4)14-12(11)5-6-18-13(17)9-20-14/h6,9-10,13H,5,7-8H2,1-4H3,(H,19,22). The van der Waals surface area contributed by atoms with E-state index in [0.717, 1.165) is 16.9 Å². The molecule has 1 aromatic rings. The molecule has 0 spiro atoms. The SMILES string of the molecule is Cc1cn(CCNC(=O)OC(C)(C)C)c2c1CC=NC(Cl)C=N2. The van der Waals surface area contributed by atoms with Crippen molar-refractivity contribution in [3.8, 4) is 0 Å².